The highest BCUT2D eigenvalue weighted by atomic mass is 16.5. The summed E-state index contributed by atoms with van der Waals surface area (Å²) in [6.07, 6.45) is 3.80. The van der Waals surface area contributed by atoms with Gasteiger partial charge < -0.3 is 9.84 Å². The quantitative estimate of drug-likeness (QED) is 0.830. The Morgan fingerprint density at radius 1 is 1.50 bits per heavy atom. The molecule has 1 aromatic rings. The number of Topliss-reactive ketones (excluding diaryl/α,β-unsaturated/α-hetero) is 1. The van der Waals surface area contributed by atoms with E-state index in [2.05, 4.69) is 6.92 Å². The molecule has 0 saturated carbocycles. The van der Waals surface area contributed by atoms with E-state index in [4.69, 9.17) is 4.74 Å². The monoisotopic (exact) mass is 218 g/mol. The first-order valence-electron chi connectivity index (χ1n) is 5.42. The van der Waals surface area contributed by atoms with E-state index in [-0.39, 0.29) is 18.1 Å². The molecule has 3 nitrogen and oxygen atoms in total. The Bertz CT molecular complexity index is 446. The Morgan fingerprint density at radius 2 is 2.31 bits per heavy atom. The summed E-state index contributed by atoms with van der Waals surface area (Å²) < 4.78 is 5.35. The number of ether oxygens (including phenoxy) is 1. The molecule has 2 rings (SSSR count). The van der Waals surface area contributed by atoms with Gasteiger partial charge in [0.1, 0.15) is 11.5 Å². The topological polar surface area (TPSA) is 46.5 Å². The Labute approximate surface area is 94.4 Å². The normalized spacial score (nSPS) is 17.1. The number of unbranched alkanes of at least 4 members (excludes halogenated alkanes) is 1. The van der Waals surface area contributed by atoms with E-state index in [0.717, 1.165) is 12.8 Å². The van der Waals surface area contributed by atoms with Gasteiger partial charge in [-0.3, -0.25) is 4.79 Å². The minimum absolute atomic E-state index is 0.0615. The van der Waals surface area contributed by atoms with Gasteiger partial charge in [-0.1, -0.05) is 25.5 Å². The second-order valence-corrected chi connectivity index (χ2v) is 3.77. The minimum Gasteiger partial charge on any atom is -0.507 e. The molecule has 84 valence electrons. The van der Waals surface area contributed by atoms with Crippen molar-refractivity contribution in [3.8, 4) is 5.75 Å². The first-order chi connectivity index (χ1) is 7.74. The van der Waals surface area contributed by atoms with E-state index >= 15 is 0 Å². The Hall–Kier alpha value is -1.77. The zero-order chi connectivity index (χ0) is 11.5. The number of hydrogen-bond acceptors (Lipinski definition) is 3. The van der Waals surface area contributed by atoms with Gasteiger partial charge in [-0.2, -0.15) is 0 Å². The second-order valence-electron chi connectivity index (χ2n) is 3.77. The summed E-state index contributed by atoms with van der Waals surface area (Å²) in [6.45, 7) is 2.13. The number of rotatable bonds is 2. The lowest BCUT2D eigenvalue weighted by Gasteiger charge is -2.20. The second kappa shape index (κ2) is 4.39. The Kier molecular flexibility index (Phi) is 2.95. The van der Waals surface area contributed by atoms with Crippen molar-refractivity contribution in [3.05, 3.63) is 35.4 Å². The molecule has 0 bridgehead atoms. The largest absolute Gasteiger partial charge is 0.507 e. The molecule has 0 aliphatic carbocycles. The van der Waals surface area contributed by atoms with Crippen molar-refractivity contribution < 1.29 is 14.6 Å². The Morgan fingerprint density at radius 3 is 3.06 bits per heavy atom. The lowest BCUT2D eigenvalue weighted by atomic mass is 9.98. The number of phenols is 1. The maximum atomic E-state index is 11.6. The predicted molar refractivity (Wildman–Crippen MR) is 61.3 cm³/mol. The van der Waals surface area contributed by atoms with Crippen LogP contribution in [0.3, 0.4) is 0 Å². The molecule has 0 spiro atoms. The van der Waals surface area contributed by atoms with E-state index in [9.17, 15) is 9.90 Å². The van der Waals surface area contributed by atoms with Crippen LogP contribution >= 0.6 is 0 Å². The van der Waals surface area contributed by atoms with Crippen LogP contribution in [0.1, 0.15) is 35.7 Å². The van der Waals surface area contributed by atoms with Gasteiger partial charge in [-0.25, -0.2) is 0 Å². The van der Waals surface area contributed by atoms with Crippen molar-refractivity contribution in [2.45, 2.75) is 19.8 Å². The van der Waals surface area contributed by atoms with Crippen molar-refractivity contribution >= 4 is 11.5 Å². The predicted octanol–water partition coefficient (Wildman–Crippen LogP) is 2.75. The van der Waals surface area contributed by atoms with Gasteiger partial charge in [0.25, 0.3) is 0 Å². The van der Waals surface area contributed by atoms with Crippen molar-refractivity contribution in [1.82, 2.24) is 0 Å². The van der Waals surface area contributed by atoms with Crippen molar-refractivity contribution in [3.63, 3.8) is 0 Å². The van der Waals surface area contributed by atoms with Crippen LogP contribution in [0.15, 0.2) is 24.3 Å². The number of ketones is 1. The highest BCUT2D eigenvalue weighted by molar-refractivity contribution is 6.04. The molecule has 0 aromatic heterocycles. The molecular weight excluding hydrogens is 204 g/mol. The smallest absolute Gasteiger partial charge is 0.201 e. The van der Waals surface area contributed by atoms with Crippen LogP contribution in [-0.4, -0.2) is 17.5 Å². The first kappa shape index (κ1) is 10.7. The molecule has 3 heteroatoms. The van der Waals surface area contributed by atoms with E-state index < -0.39 is 0 Å². The van der Waals surface area contributed by atoms with Crippen LogP contribution < -0.4 is 0 Å². The highest BCUT2D eigenvalue weighted by Gasteiger charge is 2.24. The maximum absolute atomic E-state index is 11.6. The molecule has 0 atom stereocenters. The molecule has 0 radical (unpaired) electrons. The summed E-state index contributed by atoms with van der Waals surface area (Å²) in [5, 5.41) is 9.77. The van der Waals surface area contributed by atoms with Gasteiger partial charge in [-0.05, 0) is 18.6 Å². The van der Waals surface area contributed by atoms with Gasteiger partial charge >= 0.3 is 0 Å². The van der Waals surface area contributed by atoms with Gasteiger partial charge in [0.2, 0.25) is 5.78 Å². The third-order valence-electron chi connectivity index (χ3n) is 2.57. The molecule has 0 fully saturated rings. The summed E-state index contributed by atoms with van der Waals surface area (Å²) in [4.78, 5) is 11.6. The average molecular weight is 218 g/mol. The van der Waals surface area contributed by atoms with Crippen molar-refractivity contribution in [2.75, 3.05) is 6.61 Å². The number of phenolic OH excluding ortho intramolecular Hbond substituents is 1. The van der Waals surface area contributed by atoms with E-state index in [1.54, 1.807) is 18.2 Å². The SMILES string of the molecule is CCCC=C1OCC(=O)c2cccc(O)c21. The van der Waals surface area contributed by atoms with Crippen LogP contribution in [0.25, 0.3) is 5.76 Å². The van der Waals surface area contributed by atoms with Crippen LogP contribution in [0, 0.1) is 0 Å². The fourth-order valence-electron chi connectivity index (χ4n) is 1.76. The molecule has 0 saturated heterocycles. The van der Waals surface area contributed by atoms with Gasteiger partial charge in [0.05, 0.1) is 5.56 Å². The van der Waals surface area contributed by atoms with Crippen molar-refractivity contribution in [2.24, 2.45) is 0 Å². The fourth-order valence-corrected chi connectivity index (χ4v) is 1.76. The average Bonchev–Trinajstić information content (AvgIpc) is 2.29. The summed E-state index contributed by atoms with van der Waals surface area (Å²) in [6, 6.07) is 4.97. The number of allylic oxidation sites excluding steroid dienone is 1. The van der Waals surface area contributed by atoms with Gasteiger partial charge in [0.15, 0.2) is 6.61 Å². The lowest BCUT2D eigenvalue weighted by Crippen LogP contribution is -2.17. The summed E-state index contributed by atoms with van der Waals surface area (Å²) >= 11 is 0. The number of benzene rings is 1. The number of fused-ring (bicyclic) bond motifs is 1. The molecule has 1 aliphatic heterocycles. The van der Waals surface area contributed by atoms with Crippen LogP contribution in [0.5, 0.6) is 5.75 Å². The molecule has 1 aromatic carbocycles. The fraction of sp³-hybridized carbons (Fsp3) is 0.308. The summed E-state index contributed by atoms with van der Waals surface area (Å²) in [5.41, 5.74) is 1.08. The van der Waals surface area contributed by atoms with Crippen LogP contribution in [0.2, 0.25) is 0 Å². The van der Waals surface area contributed by atoms with E-state index in [1.165, 1.54) is 0 Å². The third kappa shape index (κ3) is 1.81. The van der Waals surface area contributed by atoms with Gasteiger partial charge in [-0.15, -0.1) is 0 Å². The van der Waals surface area contributed by atoms with Crippen molar-refractivity contribution in [1.29, 1.82) is 0 Å². The van der Waals surface area contributed by atoms with E-state index in [0.29, 0.717) is 16.9 Å². The summed E-state index contributed by atoms with van der Waals surface area (Å²) in [5.74, 6) is 0.641. The van der Waals surface area contributed by atoms with Crippen LogP contribution in [0.4, 0.5) is 0 Å². The number of carbonyl (C=O) groups is 1. The zero-order valence-corrected chi connectivity index (χ0v) is 9.19. The molecule has 0 amide bonds. The molecule has 16 heavy (non-hydrogen) atoms. The zero-order valence-electron chi connectivity index (χ0n) is 9.19. The molecule has 1 aliphatic rings. The first-order valence-corrected chi connectivity index (χ1v) is 5.42. The lowest BCUT2D eigenvalue weighted by molar-refractivity contribution is 0.0884. The molecular formula is C13H14O3. The molecule has 0 unspecified atom stereocenters. The van der Waals surface area contributed by atoms with Gasteiger partial charge in [0, 0.05) is 5.56 Å². The number of hydrogen-bond donors (Lipinski definition) is 1. The standard InChI is InChI=1S/C13H14O3/c1-2-3-7-12-13-9(11(15)8-16-12)5-4-6-10(13)14/h4-7,14H,2-3,8H2,1H3. The van der Waals surface area contributed by atoms with E-state index in [1.807, 2.05) is 6.08 Å². The molecule has 1 N–H and O–H groups in total. The highest BCUT2D eigenvalue weighted by Crippen LogP contribution is 2.33. The maximum Gasteiger partial charge on any atom is 0.201 e. The summed E-state index contributed by atoms with van der Waals surface area (Å²) in [7, 11) is 0. The Balaban J connectivity index is 2.50. The third-order valence-corrected chi connectivity index (χ3v) is 2.57. The number of aromatic hydroxyl groups is 1. The number of carbonyl (C=O) groups excluding carboxylic acids is 1. The molecule has 1 heterocycles. The van der Waals surface area contributed by atoms with Crippen LogP contribution in [-0.2, 0) is 4.74 Å². The minimum atomic E-state index is -0.0838.